The molecule has 0 radical (unpaired) electrons. The number of thiophene rings is 1. The Balaban J connectivity index is 1.43. The minimum atomic E-state index is 0.456. The molecule has 124 valence electrons. The fourth-order valence-electron chi connectivity index (χ4n) is 4.03. The number of anilines is 2. The van der Waals surface area contributed by atoms with E-state index in [4.69, 9.17) is 5.26 Å². The van der Waals surface area contributed by atoms with Crippen molar-refractivity contribution in [1.29, 1.82) is 5.26 Å². The molecule has 0 bridgehead atoms. The van der Waals surface area contributed by atoms with Gasteiger partial charge in [0.05, 0.1) is 21.8 Å². The van der Waals surface area contributed by atoms with Crippen molar-refractivity contribution in [3.05, 3.63) is 41.7 Å². The van der Waals surface area contributed by atoms with Gasteiger partial charge in [-0.1, -0.05) is 0 Å². The van der Waals surface area contributed by atoms with Crippen LogP contribution >= 0.6 is 11.3 Å². The molecule has 0 saturated carbocycles. The van der Waals surface area contributed by atoms with Crippen molar-refractivity contribution in [2.75, 3.05) is 29.4 Å². The Hall–Kier alpha value is -2.72. The number of nitriles is 1. The third-order valence-electron chi connectivity index (χ3n) is 5.25. The standard InChI is InChI=1S/C18H16N6S/c19-7-12-1-2-16(20-8-12)23-9-13-3-5-24(15(13)10-23)18-17-14(4-6-25-17)21-11-22-18/h1-2,4,6,8,11,13,15H,3,5,9-10H2. The second-order valence-corrected chi connectivity index (χ2v) is 7.48. The maximum atomic E-state index is 8.93. The summed E-state index contributed by atoms with van der Waals surface area (Å²) < 4.78 is 1.18. The van der Waals surface area contributed by atoms with Gasteiger partial charge in [-0.15, -0.1) is 11.3 Å². The van der Waals surface area contributed by atoms with Crippen molar-refractivity contribution in [3.8, 4) is 6.07 Å². The van der Waals surface area contributed by atoms with Gasteiger partial charge in [0.1, 0.15) is 24.0 Å². The summed E-state index contributed by atoms with van der Waals surface area (Å²) in [4.78, 5) is 18.2. The lowest BCUT2D eigenvalue weighted by Gasteiger charge is -2.26. The molecule has 5 heterocycles. The van der Waals surface area contributed by atoms with Gasteiger partial charge in [0.15, 0.2) is 0 Å². The van der Waals surface area contributed by atoms with Gasteiger partial charge in [0.25, 0.3) is 0 Å². The van der Waals surface area contributed by atoms with Gasteiger partial charge < -0.3 is 9.80 Å². The Bertz CT molecular complexity index is 960. The van der Waals surface area contributed by atoms with Crippen LogP contribution < -0.4 is 9.80 Å². The van der Waals surface area contributed by atoms with Crippen molar-refractivity contribution in [2.24, 2.45) is 5.92 Å². The van der Waals surface area contributed by atoms with Crippen LogP contribution in [0.4, 0.5) is 11.6 Å². The predicted octanol–water partition coefficient (Wildman–Crippen LogP) is 2.67. The molecule has 2 saturated heterocycles. The number of hydrogen-bond acceptors (Lipinski definition) is 7. The molecule has 2 aliphatic rings. The Morgan fingerprint density at radius 2 is 2.12 bits per heavy atom. The molecule has 0 aliphatic carbocycles. The second kappa shape index (κ2) is 5.67. The molecule has 2 unspecified atom stereocenters. The number of nitrogens with zero attached hydrogens (tertiary/aromatic N) is 6. The summed E-state index contributed by atoms with van der Waals surface area (Å²) in [5.74, 6) is 2.65. The Labute approximate surface area is 149 Å². The average Bonchev–Trinajstić information content (AvgIpc) is 3.36. The molecule has 2 fully saturated rings. The molecule has 0 spiro atoms. The molecule has 2 atom stereocenters. The minimum absolute atomic E-state index is 0.456. The maximum Gasteiger partial charge on any atom is 0.150 e. The summed E-state index contributed by atoms with van der Waals surface area (Å²) in [6.07, 6.45) is 4.50. The van der Waals surface area contributed by atoms with Gasteiger partial charge in [-0.25, -0.2) is 15.0 Å². The van der Waals surface area contributed by atoms with E-state index in [1.807, 2.05) is 12.1 Å². The van der Waals surface area contributed by atoms with Crippen molar-refractivity contribution >= 4 is 33.2 Å². The lowest BCUT2D eigenvalue weighted by Crippen LogP contribution is -2.36. The molecule has 7 heteroatoms. The smallest absolute Gasteiger partial charge is 0.150 e. The van der Waals surface area contributed by atoms with E-state index in [-0.39, 0.29) is 0 Å². The van der Waals surface area contributed by atoms with Crippen LogP contribution in [0.5, 0.6) is 0 Å². The quantitative estimate of drug-likeness (QED) is 0.709. The summed E-state index contributed by atoms with van der Waals surface area (Å²) in [5.41, 5.74) is 1.63. The second-order valence-electron chi connectivity index (χ2n) is 6.56. The van der Waals surface area contributed by atoms with Crippen LogP contribution in [0.3, 0.4) is 0 Å². The van der Waals surface area contributed by atoms with Gasteiger partial charge in [-0.2, -0.15) is 5.26 Å². The van der Waals surface area contributed by atoms with Gasteiger partial charge in [-0.3, -0.25) is 0 Å². The van der Waals surface area contributed by atoms with Crippen molar-refractivity contribution in [3.63, 3.8) is 0 Å². The largest absolute Gasteiger partial charge is 0.354 e. The zero-order valence-electron chi connectivity index (χ0n) is 13.5. The number of rotatable bonds is 2. The molecular formula is C18H16N6S. The third kappa shape index (κ3) is 2.33. The highest BCUT2D eigenvalue weighted by atomic mass is 32.1. The van der Waals surface area contributed by atoms with Crippen LogP contribution in [0.2, 0.25) is 0 Å². The summed E-state index contributed by atoms with van der Waals surface area (Å²) in [6, 6.07) is 8.43. The molecule has 5 rings (SSSR count). The predicted molar refractivity (Wildman–Crippen MR) is 97.8 cm³/mol. The Kier molecular flexibility index (Phi) is 3.31. The van der Waals surface area contributed by atoms with Crippen LogP contribution in [0.15, 0.2) is 36.1 Å². The van der Waals surface area contributed by atoms with Crippen LogP contribution in [-0.2, 0) is 0 Å². The van der Waals surface area contributed by atoms with E-state index in [1.54, 1.807) is 23.9 Å². The maximum absolute atomic E-state index is 8.93. The molecule has 3 aromatic heterocycles. The van der Waals surface area contributed by atoms with E-state index in [1.165, 1.54) is 11.1 Å². The minimum Gasteiger partial charge on any atom is -0.354 e. The summed E-state index contributed by atoms with van der Waals surface area (Å²) in [6.45, 7) is 3.01. The Morgan fingerprint density at radius 3 is 2.96 bits per heavy atom. The highest BCUT2D eigenvalue weighted by Gasteiger charge is 2.42. The van der Waals surface area contributed by atoms with E-state index in [0.29, 0.717) is 17.5 Å². The molecule has 0 amide bonds. The number of aromatic nitrogens is 3. The summed E-state index contributed by atoms with van der Waals surface area (Å²) >= 11 is 1.71. The Morgan fingerprint density at radius 1 is 1.16 bits per heavy atom. The molecule has 25 heavy (non-hydrogen) atoms. The highest BCUT2D eigenvalue weighted by Crippen LogP contribution is 2.38. The summed E-state index contributed by atoms with van der Waals surface area (Å²) in [7, 11) is 0. The molecule has 2 aliphatic heterocycles. The summed E-state index contributed by atoms with van der Waals surface area (Å²) in [5, 5.41) is 11.0. The zero-order chi connectivity index (χ0) is 16.8. The fourth-order valence-corrected chi connectivity index (χ4v) is 4.88. The third-order valence-corrected chi connectivity index (χ3v) is 6.14. The average molecular weight is 348 g/mol. The number of fused-ring (bicyclic) bond motifs is 2. The lowest BCUT2D eigenvalue weighted by atomic mass is 10.1. The first-order chi connectivity index (χ1) is 12.3. The molecule has 0 N–H and O–H groups in total. The normalized spacial score (nSPS) is 22.4. The fraction of sp³-hybridized carbons (Fsp3) is 0.333. The van der Waals surface area contributed by atoms with E-state index in [0.717, 1.165) is 36.8 Å². The number of pyridine rings is 1. The molecule has 6 nitrogen and oxygen atoms in total. The van der Waals surface area contributed by atoms with Gasteiger partial charge >= 0.3 is 0 Å². The first kappa shape index (κ1) is 14.6. The SMILES string of the molecule is N#Cc1ccc(N2CC3CCN(c4ncnc5ccsc45)C3C2)nc1. The topological polar surface area (TPSA) is 68.9 Å². The van der Waals surface area contributed by atoms with Gasteiger partial charge in [-0.05, 0) is 30.0 Å². The lowest BCUT2D eigenvalue weighted by molar-refractivity contribution is 0.580. The monoisotopic (exact) mass is 348 g/mol. The number of hydrogen-bond donors (Lipinski definition) is 0. The van der Waals surface area contributed by atoms with Crippen molar-refractivity contribution in [2.45, 2.75) is 12.5 Å². The first-order valence-electron chi connectivity index (χ1n) is 8.39. The molecule has 0 aromatic carbocycles. The molecule has 3 aromatic rings. The molecular weight excluding hydrogens is 332 g/mol. The van der Waals surface area contributed by atoms with Crippen LogP contribution in [0.1, 0.15) is 12.0 Å². The van der Waals surface area contributed by atoms with Gasteiger partial charge in [0.2, 0.25) is 0 Å². The van der Waals surface area contributed by atoms with E-state index >= 15 is 0 Å². The highest BCUT2D eigenvalue weighted by molar-refractivity contribution is 7.17. The first-order valence-corrected chi connectivity index (χ1v) is 9.27. The van der Waals surface area contributed by atoms with E-state index in [2.05, 4.69) is 42.3 Å². The van der Waals surface area contributed by atoms with Crippen molar-refractivity contribution < 1.29 is 0 Å². The van der Waals surface area contributed by atoms with Gasteiger partial charge in [0, 0.05) is 31.7 Å². The van der Waals surface area contributed by atoms with Crippen molar-refractivity contribution in [1.82, 2.24) is 15.0 Å². The van der Waals surface area contributed by atoms with Crippen LogP contribution in [0.25, 0.3) is 10.2 Å². The van der Waals surface area contributed by atoms with E-state index in [9.17, 15) is 0 Å². The van der Waals surface area contributed by atoms with Crippen LogP contribution in [0, 0.1) is 17.2 Å². The van der Waals surface area contributed by atoms with Crippen LogP contribution in [-0.4, -0.2) is 40.6 Å². The van der Waals surface area contributed by atoms with E-state index < -0.39 is 0 Å². The zero-order valence-corrected chi connectivity index (χ0v) is 14.4.